The zero-order valence-corrected chi connectivity index (χ0v) is 13.5. The summed E-state index contributed by atoms with van der Waals surface area (Å²) in [6.07, 6.45) is 0. The van der Waals surface area contributed by atoms with Crippen LogP contribution in [0.1, 0.15) is 30.5 Å². The van der Waals surface area contributed by atoms with Gasteiger partial charge in [-0.25, -0.2) is 14.6 Å². The lowest BCUT2D eigenvalue weighted by Gasteiger charge is -2.20. The van der Waals surface area contributed by atoms with E-state index in [2.05, 4.69) is 29.5 Å². The quantitative estimate of drug-likeness (QED) is 0.700. The highest BCUT2D eigenvalue weighted by atomic mass is 32.1. The highest BCUT2D eigenvalue weighted by Gasteiger charge is 2.21. The van der Waals surface area contributed by atoms with Gasteiger partial charge >= 0.3 is 12.0 Å². The first-order chi connectivity index (χ1) is 9.85. The third-order valence-electron chi connectivity index (χ3n) is 2.81. The molecule has 1 rings (SSSR count). The van der Waals surface area contributed by atoms with E-state index in [4.69, 9.17) is 5.11 Å². The van der Waals surface area contributed by atoms with Gasteiger partial charge in [0.25, 0.3) is 0 Å². The maximum absolute atomic E-state index is 12.0. The molecule has 1 heterocycles. The molecule has 118 valence electrons. The smallest absolute Gasteiger partial charge is 0.327 e. The number of thiazole rings is 1. The molecule has 1 atom stereocenters. The summed E-state index contributed by atoms with van der Waals surface area (Å²) in [5.41, 5.74) is 0.807. The summed E-state index contributed by atoms with van der Waals surface area (Å²) in [6, 6.07) is -1.39. The van der Waals surface area contributed by atoms with E-state index >= 15 is 0 Å². The molecular weight excluding hydrogens is 292 g/mol. The van der Waals surface area contributed by atoms with E-state index in [9.17, 15) is 9.59 Å². The molecule has 0 aliphatic heterocycles. The summed E-state index contributed by atoms with van der Waals surface area (Å²) in [6.45, 7) is 4.65. The van der Waals surface area contributed by atoms with Crippen molar-refractivity contribution >= 4 is 23.3 Å². The largest absolute Gasteiger partial charge is 0.480 e. The van der Waals surface area contributed by atoms with Gasteiger partial charge in [0, 0.05) is 24.9 Å². The van der Waals surface area contributed by atoms with E-state index in [0.29, 0.717) is 12.5 Å². The number of carboxylic acid groups (broad SMARTS) is 1. The molecule has 1 unspecified atom stereocenters. The van der Waals surface area contributed by atoms with Gasteiger partial charge in [-0.05, 0) is 7.05 Å². The van der Waals surface area contributed by atoms with Gasteiger partial charge in [0.15, 0.2) is 0 Å². The van der Waals surface area contributed by atoms with Crippen LogP contribution in [0, 0.1) is 0 Å². The molecule has 0 bridgehead atoms. The topological polar surface area (TPSA) is 94.6 Å². The summed E-state index contributed by atoms with van der Waals surface area (Å²) in [5.74, 6) is -0.711. The first-order valence-corrected chi connectivity index (χ1v) is 7.56. The zero-order valence-electron chi connectivity index (χ0n) is 12.7. The van der Waals surface area contributed by atoms with Crippen molar-refractivity contribution in [2.45, 2.75) is 32.4 Å². The molecule has 8 heteroatoms. The number of carbonyl (C=O) groups excluding carboxylic acids is 1. The van der Waals surface area contributed by atoms with E-state index in [0.717, 1.165) is 10.7 Å². The number of urea groups is 1. The molecule has 0 fully saturated rings. The predicted molar refractivity (Wildman–Crippen MR) is 81.6 cm³/mol. The van der Waals surface area contributed by atoms with Crippen molar-refractivity contribution in [1.29, 1.82) is 0 Å². The van der Waals surface area contributed by atoms with Crippen molar-refractivity contribution in [3.63, 3.8) is 0 Å². The predicted octanol–water partition coefficient (Wildman–Crippen LogP) is 1.08. The molecule has 0 saturated carbocycles. The number of aliphatic carboxylic acids is 1. The number of amides is 2. The fraction of sp³-hybridized carbons (Fsp3) is 0.615. The van der Waals surface area contributed by atoms with Crippen molar-refractivity contribution in [3.8, 4) is 0 Å². The summed E-state index contributed by atoms with van der Waals surface area (Å²) < 4.78 is 0. The third kappa shape index (κ3) is 5.31. The van der Waals surface area contributed by atoms with Crippen LogP contribution in [0.2, 0.25) is 0 Å². The number of aromatic nitrogens is 1. The van der Waals surface area contributed by atoms with Crippen LogP contribution in [-0.2, 0) is 11.3 Å². The maximum Gasteiger partial charge on any atom is 0.327 e. The molecular formula is C13H22N4O3S. The number of hydrogen-bond donors (Lipinski definition) is 3. The maximum atomic E-state index is 12.0. The van der Waals surface area contributed by atoms with Crippen LogP contribution in [0.5, 0.6) is 0 Å². The summed E-state index contributed by atoms with van der Waals surface area (Å²) in [4.78, 5) is 28.8. The Hall–Kier alpha value is -1.67. The molecule has 0 aromatic carbocycles. The first-order valence-electron chi connectivity index (χ1n) is 6.68. The Morgan fingerprint density at radius 2 is 2.14 bits per heavy atom. The van der Waals surface area contributed by atoms with Crippen molar-refractivity contribution < 1.29 is 14.7 Å². The number of rotatable bonds is 7. The zero-order chi connectivity index (χ0) is 16.0. The Morgan fingerprint density at radius 3 is 2.62 bits per heavy atom. The minimum atomic E-state index is -1.07. The summed E-state index contributed by atoms with van der Waals surface area (Å²) in [5, 5.41) is 17.2. The van der Waals surface area contributed by atoms with E-state index in [1.165, 1.54) is 4.90 Å². The highest BCUT2D eigenvalue weighted by molar-refractivity contribution is 7.09. The molecule has 0 radical (unpaired) electrons. The van der Waals surface area contributed by atoms with Crippen molar-refractivity contribution in [2.24, 2.45) is 0 Å². The Labute approximate surface area is 128 Å². The lowest BCUT2D eigenvalue weighted by Crippen LogP contribution is -2.50. The lowest BCUT2D eigenvalue weighted by atomic mass is 10.2. The molecule has 7 nitrogen and oxygen atoms in total. The van der Waals surface area contributed by atoms with Crippen LogP contribution < -0.4 is 10.6 Å². The van der Waals surface area contributed by atoms with Gasteiger partial charge in [-0.2, -0.15) is 0 Å². The number of likely N-dealkylation sites (N-methyl/N-ethyl adjacent to an activating group) is 1. The fourth-order valence-electron chi connectivity index (χ4n) is 1.64. The Kier molecular flexibility index (Phi) is 6.57. The number of nitrogens with zero attached hydrogens (tertiary/aromatic N) is 2. The van der Waals surface area contributed by atoms with Crippen molar-refractivity contribution in [2.75, 3.05) is 20.6 Å². The second kappa shape index (κ2) is 7.94. The number of nitrogens with one attached hydrogen (secondary N) is 2. The Bertz CT molecular complexity index is 490. The average Bonchev–Trinajstić information content (AvgIpc) is 2.86. The molecule has 0 aliphatic carbocycles. The normalized spacial score (nSPS) is 12.2. The van der Waals surface area contributed by atoms with Gasteiger partial charge in [0.1, 0.15) is 6.04 Å². The summed E-state index contributed by atoms with van der Waals surface area (Å²) in [7, 11) is 3.25. The molecule has 1 aromatic rings. The molecule has 3 N–H and O–H groups in total. The van der Waals surface area contributed by atoms with E-state index in [-0.39, 0.29) is 6.54 Å². The van der Waals surface area contributed by atoms with Gasteiger partial charge in [-0.15, -0.1) is 11.3 Å². The van der Waals surface area contributed by atoms with E-state index in [1.807, 2.05) is 5.38 Å². The van der Waals surface area contributed by atoms with Crippen molar-refractivity contribution in [3.05, 3.63) is 16.1 Å². The first kappa shape index (κ1) is 17.4. The van der Waals surface area contributed by atoms with E-state index < -0.39 is 18.0 Å². The highest BCUT2D eigenvalue weighted by Crippen LogP contribution is 2.19. The summed E-state index contributed by atoms with van der Waals surface area (Å²) >= 11 is 1.56. The minimum Gasteiger partial charge on any atom is -0.480 e. The Balaban J connectivity index is 2.58. The molecule has 1 aromatic heterocycles. The van der Waals surface area contributed by atoms with Crippen LogP contribution >= 0.6 is 11.3 Å². The van der Waals surface area contributed by atoms with Gasteiger partial charge in [-0.1, -0.05) is 13.8 Å². The number of carboxylic acids is 1. The molecule has 0 spiro atoms. The fourth-order valence-corrected chi connectivity index (χ4v) is 2.46. The number of carbonyl (C=O) groups is 2. The van der Waals surface area contributed by atoms with Crippen LogP contribution in [0.3, 0.4) is 0 Å². The second-order valence-corrected chi connectivity index (χ2v) is 5.98. The molecule has 0 saturated heterocycles. The second-order valence-electron chi connectivity index (χ2n) is 5.09. The van der Waals surface area contributed by atoms with Crippen molar-refractivity contribution in [1.82, 2.24) is 20.5 Å². The van der Waals surface area contributed by atoms with Crippen LogP contribution in [0.15, 0.2) is 5.38 Å². The SMILES string of the molecule is CNCC(NC(=O)N(C)Cc1csc(C(C)C)n1)C(=O)O. The van der Waals surface area contributed by atoms with Gasteiger partial charge < -0.3 is 20.6 Å². The molecule has 21 heavy (non-hydrogen) atoms. The molecule has 0 aliphatic rings. The van der Waals surface area contributed by atoms with E-state index in [1.54, 1.807) is 25.4 Å². The lowest BCUT2D eigenvalue weighted by molar-refractivity contribution is -0.139. The van der Waals surface area contributed by atoms with Crippen LogP contribution in [-0.4, -0.2) is 53.7 Å². The minimum absolute atomic E-state index is 0.170. The van der Waals surface area contributed by atoms with Crippen LogP contribution in [0.25, 0.3) is 0 Å². The Morgan fingerprint density at radius 1 is 1.48 bits per heavy atom. The van der Waals surface area contributed by atoms with Crippen LogP contribution in [0.4, 0.5) is 4.79 Å². The standard InChI is InChI=1S/C13H22N4O3S/c1-8(2)11-15-9(7-21-11)6-17(4)13(20)16-10(5-14-3)12(18)19/h7-8,10,14H,5-6H2,1-4H3,(H,16,20)(H,18,19). The van der Waals surface area contributed by atoms with Gasteiger partial charge in [0.05, 0.1) is 17.2 Å². The number of hydrogen-bond acceptors (Lipinski definition) is 5. The average molecular weight is 314 g/mol. The van der Waals surface area contributed by atoms with Gasteiger partial charge in [0.2, 0.25) is 0 Å². The molecule has 2 amide bonds. The van der Waals surface area contributed by atoms with Gasteiger partial charge in [-0.3, -0.25) is 0 Å². The monoisotopic (exact) mass is 314 g/mol. The third-order valence-corrected chi connectivity index (χ3v) is 4.01.